The van der Waals surface area contributed by atoms with Crippen LogP contribution in [0.5, 0.6) is 0 Å². The molecule has 0 aliphatic carbocycles. The molecule has 0 amide bonds. The highest BCUT2D eigenvalue weighted by atomic mass is 79.9. The summed E-state index contributed by atoms with van der Waals surface area (Å²) in [5.41, 5.74) is 11.1. The molecule has 2 rings (SSSR count). The Kier molecular flexibility index (Phi) is 3.85. The predicted octanol–water partition coefficient (Wildman–Crippen LogP) is 3.92. The minimum atomic E-state index is 0.712. The third-order valence-electron chi connectivity index (χ3n) is 3.21. The molecule has 1 heterocycles. The van der Waals surface area contributed by atoms with Crippen LogP contribution in [0.25, 0.3) is 0 Å². The van der Waals surface area contributed by atoms with Gasteiger partial charge in [-0.1, -0.05) is 15.9 Å². The van der Waals surface area contributed by atoms with Gasteiger partial charge in [0.05, 0.1) is 11.4 Å². The Bertz CT molecular complexity index is 593. The molecule has 19 heavy (non-hydrogen) atoms. The average Bonchev–Trinajstić information content (AvgIpc) is 2.60. The maximum atomic E-state index is 6.10. The van der Waals surface area contributed by atoms with Crippen molar-refractivity contribution in [3.63, 3.8) is 0 Å². The van der Waals surface area contributed by atoms with E-state index in [-0.39, 0.29) is 0 Å². The van der Waals surface area contributed by atoms with Crippen LogP contribution in [0.2, 0.25) is 0 Å². The summed E-state index contributed by atoms with van der Waals surface area (Å²) in [5.74, 6) is 0.869. The molecule has 0 saturated carbocycles. The summed E-state index contributed by atoms with van der Waals surface area (Å²) < 4.78 is 2.98. The number of anilines is 3. The van der Waals surface area contributed by atoms with Gasteiger partial charge >= 0.3 is 0 Å². The van der Waals surface area contributed by atoms with Crippen molar-refractivity contribution in [3.8, 4) is 0 Å². The molecule has 0 atom stereocenters. The zero-order valence-corrected chi connectivity index (χ0v) is 13.3. The number of nitrogens with one attached hydrogen (secondary N) is 1. The fraction of sp³-hybridized carbons (Fsp3) is 0.357. The molecule has 0 unspecified atom stereocenters. The van der Waals surface area contributed by atoms with Gasteiger partial charge in [-0.05, 0) is 51.0 Å². The number of halogens is 1. The van der Waals surface area contributed by atoms with Gasteiger partial charge < -0.3 is 11.1 Å². The van der Waals surface area contributed by atoms with E-state index in [1.807, 2.05) is 11.6 Å². The number of aryl methyl sites for hydroxylation is 4. The molecular formula is C14H19BrN4. The van der Waals surface area contributed by atoms with E-state index in [2.05, 4.69) is 59.2 Å². The van der Waals surface area contributed by atoms with Gasteiger partial charge in [-0.2, -0.15) is 5.10 Å². The first-order valence-electron chi connectivity index (χ1n) is 6.30. The van der Waals surface area contributed by atoms with E-state index in [1.165, 1.54) is 11.1 Å². The molecule has 0 radical (unpaired) electrons. The van der Waals surface area contributed by atoms with E-state index in [1.54, 1.807) is 0 Å². The molecule has 2 aromatic rings. The minimum absolute atomic E-state index is 0.712. The smallest absolute Gasteiger partial charge is 0.152 e. The van der Waals surface area contributed by atoms with Crippen molar-refractivity contribution in [3.05, 3.63) is 33.4 Å². The summed E-state index contributed by atoms with van der Waals surface area (Å²) in [5, 5.41) is 7.85. The molecule has 4 nitrogen and oxygen atoms in total. The highest BCUT2D eigenvalue weighted by molar-refractivity contribution is 9.10. The fourth-order valence-corrected chi connectivity index (χ4v) is 2.87. The SMILES string of the molecule is CCn1nc(C)c(N)c1Nc1c(C)cc(Br)cc1C. The number of nitrogen functional groups attached to an aromatic ring is 1. The van der Waals surface area contributed by atoms with Crippen molar-refractivity contribution < 1.29 is 0 Å². The molecule has 102 valence electrons. The Morgan fingerprint density at radius 3 is 2.37 bits per heavy atom. The Morgan fingerprint density at radius 1 is 1.26 bits per heavy atom. The summed E-state index contributed by atoms with van der Waals surface area (Å²) in [6, 6.07) is 4.18. The van der Waals surface area contributed by atoms with Gasteiger partial charge in [0.2, 0.25) is 0 Å². The molecule has 1 aromatic heterocycles. The van der Waals surface area contributed by atoms with E-state index in [0.717, 1.165) is 28.2 Å². The van der Waals surface area contributed by atoms with Crippen LogP contribution in [0.4, 0.5) is 17.2 Å². The maximum Gasteiger partial charge on any atom is 0.152 e. The molecule has 0 saturated heterocycles. The Morgan fingerprint density at radius 2 is 1.84 bits per heavy atom. The summed E-state index contributed by atoms with van der Waals surface area (Å²) in [6.45, 7) is 8.92. The highest BCUT2D eigenvalue weighted by Crippen LogP contribution is 2.31. The number of rotatable bonds is 3. The standard InChI is InChI=1S/C14H19BrN4/c1-5-19-14(12(16)10(4)18-19)17-13-8(2)6-11(15)7-9(13)3/h6-7,17H,5,16H2,1-4H3. The molecule has 5 heteroatoms. The monoisotopic (exact) mass is 322 g/mol. The fourth-order valence-electron chi connectivity index (χ4n) is 2.18. The van der Waals surface area contributed by atoms with Gasteiger partial charge in [-0.15, -0.1) is 0 Å². The van der Waals surface area contributed by atoms with Crippen LogP contribution in [-0.2, 0) is 6.54 Å². The Labute approximate surface area is 122 Å². The van der Waals surface area contributed by atoms with Crippen LogP contribution in [0.1, 0.15) is 23.7 Å². The van der Waals surface area contributed by atoms with Crippen molar-refractivity contribution >= 4 is 33.1 Å². The van der Waals surface area contributed by atoms with Gasteiger partial charge in [0, 0.05) is 16.7 Å². The quantitative estimate of drug-likeness (QED) is 0.900. The van der Waals surface area contributed by atoms with Gasteiger partial charge in [0.15, 0.2) is 5.82 Å². The third-order valence-corrected chi connectivity index (χ3v) is 3.67. The van der Waals surface area contributed by atoms with Gasteiger partial charge in [0.25, 0.3) is 0 Å². The summed E-state index contributed by atoms with van der Waals surface area (Å²) in [6.07, 6.45) is 0. The topological polar surface area (TPSA) is 55.9 Å². The number of nitrogens with zero attached hydrogens (tertiary/aromatic N) is 2. The third kappa shape index (κ3) is 2.61. The minimum Gasteiger partial charge on any atom is -0.394 e. The largest absolute Gasteiger partial charge is 0.394 e. The first-order chi connectivity index (χ1) is 8.93. The Hall–Kier alpha value is -1.49. The van der Waals surface area contributed by atoms with Crippen molar-refractivity contribution in [2.24, 2.45) is 0 Å². The molecule has 1 aromatic carbocycles. The van der Waals surface area contributed by atoms with E-state index < -0.39 is 0 Å². The summed E-state index contributed by atoms with van der Waals surface area (Å²) in [7, 11) is 0. The van der Waals surface area contributed by atoms with Gasteiger partial charge in [-0.25, -0.2) is 4.68 Å². The zero-order chi connectivity index (χ0) is 14.2. The van der Waals surface area contributed by atoms with Crippen LogP contribution in [0.3, 0.4) is 0 Å². The van der Waals surface area contributed by atoms with Crippen LogP contribution in [-0.4, -0.2) is 9.78 Å². The van der Waals surface area contributed by atoms with Crippen LogP contribution >= 0.6 is 15.9 Å². The van der Waals surface area contributed by atoms with Crippen LogP contribution in [0.15, 0.2) is 16.6 Å². The first-order valence-corrected chi connectivity index (χ1v) is 7.10. The first kappa shape index (κ1) is 13.9. The molecule has 0 aliphatic rings. The molecule has 0 fully saturated rings. The number of hydrogen-bond acceptors (Lipinski definition) is 3. The zero-order valence-electron chi connectivity index (χ0n) is 11.7. The lowest BCUT2D eigenvalue weighted by atomic mass is 10.1. The number of aromatic nitrogens is 2. The number of hydrogen-bond donors (Lipinski definition) is 2. The van der Waals surface area contributed by atoms with Gasteiger partial charge in [-0.3, -0.25) is 0 Å². The molecule has 3 N–H and O–H groups in total. The number of benzene rings is 1. The van der Waals surface area contributed by atoms with Crippen molar-refractivity contribution in [1.29, 1.82) is 0 Å². The van der Waals surface area contributed by atoms with E-state index in [0.29, 0.717) is 5.69 Å². The van der Waals surface area contributed by atoms with Crippen molar-refractivity contribution in [2.45, 2.75) is 34.2 Å². The normalized spacial score (nSPS) is 10.8. The predicted molar refractivity (Wildman–Crippen MR) is 83.9 cm³/mol. The van der Waals surface area contributed by atoms with Crippen LogP contribution < -0.4 is 11.1 Å². The number of nitrogens with two attached hydrogens (primary N) is 1. The second-order valence-electron chi connectivity index (χ2n) is 4.70. The van der Waals surface area contributed by atoms with Crippen LogP contribution in [0, 0.1) is 20.8 Å². The Balaban J connectivity index is 2.47. The van der Waals surface area contributed by atoms with E-state index in [4.69, 9.17) is 5.73 Å². The van der Waals surface area contributed by atoms with Crippen molar-refractivity contribution in [2.75, 3.05) is 11.1 Å². The summed E-state index contributed by atoms with van der Waals surface area (Å²) >= 11 is 3.51. The molecular weight excluding hydrogens is 304 g/mol. The second kappa shape index (κ2) is 5.25. The summed E-state index contributed by atoms with van der Waals surface area (Å²) in [4.78, 5) is 0. The lowest BCUT2D eigenvalue weighted by Gasteiger charge is -2.15. The maximum absolute atomic E-state index is 6.10. The van der Waals surface area contributed by atoms with E-state index >= 15 is 0 Å². The molecule has 0 bridgehead atoms. The van der Waals surface area contributed by atoms with E-state index in [9.17, 15) is 0 Å². The molecule has 0 spiro atoms. The highest BCUT2D eigenvalue weighted by Gasteiger charge is 2.13. The second-order valence-corrected chi connectivity index (χ2v) is 5.62. The lowest BCUT2D eigenvalue weighted by Crippen LogP contribution is -2.06. The van der Waals surface area contributed by atoms with Crippen molar-refractivity contribution in [1.82, 2.24) is 9.78 Å². The van der Waals surface area contributed by atoms with Gasteiger partial charge in [0.1, 0.15) is 0 Å². The molecule has 0 aliphatic heterocycles. The average molecular weight is 323 g/mol. The lowest BCUT2D eigenvalue weighted by molar-refractivity contribution is 0.661.